The summed E-state index contributed by atoms with van der Waals surface area (Å²) in [6, 6.07) is 7.82. The van der Waals surface area contributed by atoms with Crippen molar-refractivity contribution < 1.29 is 33.9 Å². The summed E-state index contributed by atoms with van der Waals surface area (Å²) in [6.45, 7) is 6.34. The average molecular weight is 525 g/mol. The molecule has 1 unspecified atom stereocenters. The second-order valence-electron chi connectivity index (χ2n) is 10.4. The van der Waals surface area contributed by atoms with E-state index in [0.29, 0.717) is 18.3 Å². The van der Waals surface area contributed by atoms with Crippen molar-refractivity contribution in [1.29, 1.82) is 0 Å². The molecule has 5 fully saturated rings. The molecule has 4 saturated heterocycles. The van der Waals surface area contributed by atoms with Crippen molar-refractivity contribution in [2.24, 2.45) is 23.7 Å². The van der Waals surface area contributed by atoms with Crippen LogP contribution < -0.4 is 0 Å². The van der Waals surface area contributed by atoms with E-state index in [2.05, 4.69) is 29.8 Å². The lowest BCUT2D eigenvalue weighted by atomic mass is 9.58. The Hall–Kier alpha value is -1.03. The molecule has 0 radical (unpaired) electrons. The highest BCUT2D eigenvalue weighted by Crippen LogP contribution is 2.60. The Morgan fingerprint density at radius 3 is 2.67 bits per heavy atom. The normalized spacial score (nSPS) is 42.9. The summed E-state index contributed by atoms with van der Waals surface area (Å²) in [7, 11) is 0. The molecule has 2 bridgehead atoms. The van der Waals surface area contributed by atoms with Crippen molar-refractivity contribution in [3.8, 4) is 0 Å². The molecule has 1 saturated carbocycles. The first-order chi connectivity index (χ1) is 15.7. The highest BCUT2D eigenvalue weighted by atomic mass is 79.9. The van der Waals surface area contributed by atoms with Gasteiger partial charge in [-0.2, -0.15) is 0 Å². The number of fused-ring (bicyclic) bond motifs is 2. The van der Waals surface area contributed by atoms with E-state index in [1.54, 1.807) is 0 Å². The quantitative estimate of drug-likeness (QED) is 0.486. The Kier molecular flexibility index (Phi) is 6.38. The maximum absolute atomic E-state index is 11.3. The standard InChI is InChI=1S/C25H33BrO7/c1-14-4-9-19-15(2)22(29-20(10-11-21(27)28)16-5-7-17(26)8-6-16)30-23-25(19)18(14)12-13-24(3,31-23)32-33-25/h5-8,14-15,18-20,22-23H,4,9-13H2,1-3H3,(H,27,28)/t14-,15-,18+,19?,20+,22+,23-,24-,25-/m1/s1. The first-order valence-electron chi connectivity index (χ1n) is 12.0. The topological polar surface area (TPSA) is 83.5 Å². The molecule has 9 atom stereocenters. The maximum Gasteiger partial charge on any atom is 0.303 e. The zero-order chi connectivity index (χ0) is 23.4. The summed E-state index contributed by atoms with van der Waals surface area (Å²) >= 11 is 3.47. The van der Waals surface area contributed by atoms with Crippen molar-refractivity contribution in [2.45, 2.75) is 89.4 Å². The molecular formula is C25H33BrO7. The summed E-state index contributed by atoms with van der Waals surface area (Å²) in [5.41, 5.74) is 0.293. The molecule has 7 nitrogen and oxygen atoms in total. The largest absolute Gasteiger partial charge is 0.481 e. The van der Waals surface area contributed by atoms with Gasteiger partial charge in [-0.05, 0) is 62.1 Å². The molecule has 4 heterocycles. The minimum Gasteiger partial charge on any atom is -0.481 e. The zero-order valence-electron chi connectivity index (χ0n) is 19.4. The van der Waals surface area contributed by atoms with E-state index in [9.17, 15) is 9.90 Å². The third-order valence-corrected chi connectivity index (χ3v) is 8.79. The van der Waals surface area contributed by atoms with Crippen LogP contribution in [0.2, 0.25) is 0 Å². The molecule has 0 amide bonds. The number of hydrogen-bond donors (Lipinski definition) is 1. The minimum absolute atomic E-state index is 0.0176. The molecule has 1 aliphatic carbocycles. The van der Waals surface area contributed by atoms with Crippen LogP contribution in [0, 0.1) is 23.7 Å². The van der Waals surface area contributed by atoms with Gasteiger partial charge in [0.05, 0.1) is 6.10 Å². The smallest absolute Gasteiger partial charge is 0.303 e. The molecule has 1 N–H and O–H groups in total. The summed E-state index contributed by atoms with van der Waals surface area (Å²) in [5, 5.41) is 9.29. The van der Waals surface area contributed by atoms with Crippen LogP contribution in [0.3, 0.4) is 0 Å². The summed E-state index contributed by atoms with van der Waals surface area (Å²) in [6.07, 6.45) is 2.71. The summed E-state index contributed by atoms with van der Waals surface area (Å²) in [5.74, 6) is -0.691. The number of rotatable bonds is 6. The fourth-order valence-electron chi connectivity index (χ4n) is 6.43. The average Bonchev–Trinajstić information content (AvgIpc) is 3.01. The molecule has 182 valence electrons. The van der Waals surface area contributed by atoms with E-state index < -0.39 is 36.0 Å². The lowest BCUT2D eigenvalue weighted by Crippen LogP contribution is -2.70. The van der Waals surface area contributed by atoms with E-state index in [0.717, 1.165) is 35.7 Å². The molecule has 6 rings (SSSR count). The van der Waals surface area contributed by atoms with Crippen LogP contribution in [0.25, 0.3) is 0 Å². The van der Waals surface area contributed by atoms with Crippen molar-refractivity contribution in [1.82, 2.24) is 0 Å². The lowest BCUT2D eigenvalue weighted by molar-refractivity contribution is -0.578. The number of halogens is 1. The van der Waals surface area contributed by atoms with E-state index in [1.165, 1.54) is 0 Å². The molecule has 1 spiro atoms. The Balaban J connectivity index is 1.43. The Morgan fingerprint density at radius 1 is 1.18 bits per heavy atom. The van der Waals surface area contributed by atoms with E-state index >= 15 is 0 Å². The third-order valence-electron chi connectivity index (χ3n) is 8.26. The van der Waals surface area contributed by atoms with Gasteiger partial charge in [-0.15, -0.1) is 0 Å². The number of carbonyl (C=O) groups is 1. The second-order valence-corrected chi connectivity index (χ2v) is 11.3. The fraction of sp³-hybridized carbons (Fsp3) is 0.720. The van der Waals surface area contributed by atoms with Gasteiger partial charge in [-0.25, -0.2) is 9.78 Å². The number of carboxylic acids is 1. The van der Waals surface area contributed by atoms with Crippen LogP contribution in [0.1, 0.15) is 71.0 Å². The van der Waals surface area contributed by atoms with Gasteiger partial charge in [0, 0.05) is 29.2 Å². The van der Waals surface area contributed by atoms with Crippen molar-refractivity contribution >= 4 is 21.9 Å². The predicted molar refractivity (Wildman–Crippen MR) is 122 cm³/mol. The van der Waals surface area contributed by atoms with Gasteiger partial charge >= 0.3 is 5.97 Å². The van der Waals surface area contributed by atoms with Crippen LogP contribution in [0.5, 0.6) is 0 Å². The highest BCUT2D eigenvalue weighted by Gasteiger charge is 2.69. The lowest BCUT2D eigenvalue weighted by Gasteiger charge is -2.60. The van der Waals surface area contributed by atoms with E-state index in [4.69, 9.17) is 24.0 Å². The van der Waals surface area contributed by atoms with Crippen LogP contribution in [0.4, 0.5) is 0 Å². The highest BCUT2D eigenvalue weighted by molar-refractivity contribution is 9.10. The van der Waals surface area contributed by atoms with Gasteiger partial charge in [0.25, 0.3) is 0 Å². The van der Waals surface area contributed by atoms with Gasteiger partial charge in [0.2, 0.25) is 5.79 Å². The number of benzene rings is 1. The Bertz CT molecular complexity index is 878. The zero-order valence-corrected chi connectivity index (χ0v) is 21.0. The molecule has 8 heteroatoms. The Morgan fingerprint density at radius 2 is 1.94 bits per heavy atom. The summed E-state index contributed by atoms with van der Waals surface area (Å²) < 4.78 is 20.5. The molecule has 4 aliphatic heterocycles. The number of aliphatic carboxylic acids is 1. The van der Waals surface area contributed by atoms with Crippen LogP contribution >= 0.6 is 15.9 Å². The first-order valence-corrected chi connectivity index (χ1v) is 12.8. The third kappa shape index (κ3) is 4.17. The van der Waals surface area contributed by atoms with Gasteiger partial charge in [0.1, 0.15) is 0 Å². The van der Waals surface area contributed by atoms with Gasteiger partial charge in [-0.3, -0.25) is 4.79 Å². The van der Waals surface area contributed by atoms with Crippen LogP contribution in [-0.2, 0) is 28.8 Å². The number of carboxylic acid groups (broad SMARTS) is 1. The second kappa shape index (κ2) is 8.88. The van der Waals surface area contributed by atoms with E-state index in [1.807, 2.05) is 31.2 Å². The van der Waals surface area contributed by atoms with Crippen molar-refractivity contribution in [3.05, 3.63) is 34.3 Å². The van der Waals surface area contributed by atoms with Crippen LogP contribution in [-0.4, -0.2) is 35.0 Å². The Labute approximate surface area is 203 Å². The van der Waals surface area contributed by atoms with Gasteiger partial charge in [0.15, 0.2) is 18.2 Å². The van der Waals surface area contributed by atoms with Crippen LogP contribution in [0.15, 0.2) is 28.7 Å². The SMILES string of the molecule is C[C@@H]1CCC2[C@@H](C)[C@@H](O[C@@H](CCC(=O)O)c3ccc(Br)cc3)O[C@@H]3O[C@@]4(C)CC[C@@H]1[C@@]23OO4. The molecule has 0 aromatic heterocycles. The van der Waals surface area contributed by atoms with Crippen molar-refractivity contribution in [3.63, 3.8) is 0 Å². The van der Waals surface area contributed by atoms with E-state index in [-0.39, 0.29) is 18.3 Å². The first kappa shape index (κ1) is 23.7. The minimum atomic E-state index is -0.843. The monoisotopic (exact) mass is 524 g/mol. The molecular weight excluding hydrogens is 492 g/mol. The maximum atomic E-state index is 11.3. The predicted octanol–water partition coefficient (Wildman–Crippen LogP) is 5.58. The van der Waals surface area contributed by atoms with Gasteiger partial charge in [-0.1, -0.05) is 41.9 Å². The van der Waals surface area contributed by atoms with Gasteiger partial charge < -0.3 is 19.3 Å². The molecule has 1 aromatic rings. The molecule has 5 aliphatic rings. The summed E-state index contributed by atoms with van der Waals surface area (Å²) in [4.78, 5) is 23.4. The fourth-order valence-corrected chi connectivity index (χ4v) is 6.70. The number of ether oxygens (including phenoxy) is 3. The number of hydrogen-bond acceptors (Lipinski definition) is 6. The molecule has 33 heavy (non-hydrogen) atoms. The molecule has 1 aromatic carbocycles. The van der Waals surface area contributed by atoms with Crippen molar-refractivity contribution in [2.75, 3.05) is 0 Å².